The lowest BCUT2D eigenvalue weighted by Crippen LogP contribution is -2.40. The molecule has 1 aromatic carbocycles. The maximum Gasteiger partial charge on any atom is 0.307 e. The van der Waals surface area contributed by atoms with Gasteiger partial charge in [0.05, 0.1) is 24.5 Å². The summed E-state index contributed by atoms with van der Waals surface area (Å²) in [6.07, 6.45) is 0.522. The first-order chi connectivity index (χ1) is 9.87. The monoisotopic (exact) mass is 291 g/mol. The SMILES string of the molecule is CC1(C)[C@H](C(=O)O)[C@@H]1C(=O)N[C@@H](CO)Cc1ccccc1. The molecule has 1 saturated carbocycles. The van der Waals surface area contributed by atoms with E-state index in [-0.39, 0.29) is 12.5 Å². The van der Waals surface area contributed by atoms with E-state index in [1.165, 1.54) is 0 Å². The number of amides is 1. The van der Waals surface area contributed by atoms with Crippen molar-refractivity contribution in [3.8, 4) is 0 Å². The molecule has 2 rings (SSSR count). The fourth-order valence-corrected chi connectivity index (χ4v) is 2.94. The number of aliphatic carboxylic acids is 1. The molecule has 0 bridgehead atoms. The van der Waals surface area contributed by atoms with Gasteiger partial charge in [0.1, 0.15) is 0 Å². The molecule has 3 atom stereocenters. The molecular formula is C16H21NO4. The Morgan fingerprint density at radius 3 is 2.33 bits per heavy atom. The number of carboxylic acids is 1. The van der Waals surface area contributed by atoms with Gasteiger partial charge < -0.3 is 15.5 Å². The zero-order chi connectivity index (χ0) is 15.6. The number of aliphatic hydroxyl groups is 1. The van der Waals surface area contributed by atoms with Gasteiger partial charge in [-0.2, -0.15) is 0 Å². The van der Waals surface area contributed by atoms with Crippen LogP contribution >= 0.6 is 0 Å². The molecule has 0 saturated heterocycles. The van der Waals surface area contributed by atoms with Crippen molar-refractivity contribution in [2.45, 2.75) is 26.3 Å². The average molecular weight is 291 g/mol. The molecule has 0 radical (unpaired) electrons. The third-order valence-corrected chi connectivity index (χ3v) is 4.27. The summed E-state index contributed by atoms with van der Waals surface area (Å²) in [5, 5.41) is 21.3. The molecule has 1 aliphatic carbocycles. The van der Waals surface area contributed by atoms with E-state index in [9.17, 15) is 14.7 Å². The van der Waals surface area contributed by atoms with Crippen molar-refractivity contribution in [2.75, 3.05) is 6.61 Å². The lowest BCUT2D eigenvalue weighted by Gasteiger charge is -2.17. The van der Waals surface area contributed by atoms with Crippen LogP contribution in [0.5, 0.6) is 0 Å². The highest BCUT2D eigenvalue weighted by molar-refractivity contribution is 5.91. The Balaban J connectivity index is 1.97. The third-order valence-electron chi connectivity index (χ3n) is 4.27. The zero-order valence-corrected chi connectivity index (χ0v) is 12.2. The van der Waals surface area contributed by atoms with Crippen LogP contribution < -0.4 is 5.32 Å². The molecule has 1 fully saturated rings. The number of rotatable bonds is 6. The molecule has 0 spiro atoms. The zero-order valence-electron chi connectivity index (χ0n) is 12.2. The van der Waals surface area contributed by atoms with Crippen molar-refractivity contribution in [1.29, 1.82) is 0 Å². The highest BCUT2D eigenvalue weighted by atomic mass is 16.4. The van der Waals surface area contributed by atoms with E-state index in [0.717, 1.165) is 5.56 Å². The number of nitrogens with one attached hydrogen (secondary N) is 1. The molecular weight excluding hydrogens is 270 g/mol. The standard InChI is InChI=1S/C16H21NO4/c1-16(2)12(13(16)15(20)21)14(19)17-11(9-18)8-10-6-4-3-5-7-10/h3-7,11-13,18H,8-9H2,1-2H3,(H,17,19)(H,20,21)/t11-,12-,13+/m1/s1. The van der Waals surface area contributed by atoms with Crippen LogP contribution in [0.15, 0.2) is 30.3 Å². The van der Waals surface area contributed by atoms with Crippen LogP contribution in [-0.2, 0) is 16.0 Å². The van der Waals surface area contributed by atoms with Crippen LogP contribution in [0.3, 0.4) is 0 Å². The molecule has 0 unspecified atom stereocenters. The minimum absolute atomic E-state index is 0.175. The summed E-state index contributed by atoms with van der Waals surface area (Å²) in [6, 6.07) is 9.16. The number of hydrogen-bond donors (Lipinski definition) is 3. The van der Waals surface area contributed by atoms with Gasteiger partial charge in [0, 0.05) is 0 Å². The molecule has 0 aliphatic heterocycles. The quantitative estimate of drug-likeness (QED) is 0.731. The fraction of sp³-hybridized carbons (Fsp3) is 0.500. The second kappa shape index (κ2) is 5.85. The fourth-order valence-electron chi connectivity index (χ4n) is 2.94. The lowest BCUT2D eigenvalue weighted by molar-refractivity contribution is -0.140. The van der Waals surface area contributed by atoms with Gasteiger partial charge in [0.15, 0.2) is 0 Å². The summed E-state index contributed by atoms with van der Waals surface area (Å²) >= 11 is 0. The Labute approximate surface area is 124 Å². The first kappa shape index (κ1) is 15.5. The number of carbonyl (C=O) groups excluding carboxylic acids is 1. The number of aliphatic hydroxyl groups excluding tert-OH is 1. The van der Waals surface area contributed by atoms with E-state index in [1.54, 1.807) is 13.8 Å². The van der Waals surface area contributed by atoms with E-state index >= 15 is 0 Å². The number of carbonyl (C=O) groups is 2. The molecule has 5 heteroatoms. The summed E-state index contributed by atoms with van der Waals surface area (Å²) in [6.45, 7) is 3.38. The largest absolute Gasteiger partial charge is 0.481 e. The lowest BCUT2D eigenvalue weighted by atomic mass is 10.1. The van der Waals surface area contributed by atoms with E-state index in [0.29, 0.717) is 6.42 Å². The first-order valence-electron chi connectivity index (χ1n) is 7.06. The molecule has 21 heavy (non-hydrogen) atoms. The van der Waals surface area contributed by atoms with Crippen LogP contribution in [0.25, 0.3) is 0 Å². The Morgan fingerprint density at radius 1 is 1.24 bits per heavy atom. The highest BCUT2D eigenvalue weighted by Crippen LogP contribution is 2.58. The van der Waals surface area contributed by atoms with Gasteiger partial charge in [-0.05, 0) is 17.4 Å². The molecule has 1 amide bonds. The van der Waals surface area contributed by atoms with Gasteiger partial charge in [-0.3, -0.25) is 9.59 Å². The second-order valence-corrected chi connectivity index (χ2v) is 6.19. The summed E-state index contributed by atoms with van der Waals surface area (Å²) < 4.78 is 0. The van der Waals surface area contributed by atoms with Gasteiger partial charge in [-0.25, -0.2) is 0 Å². The Kier molecular flexibility index (Phi) is 4.32. The summed E-state index contributed by atoms with van der Waals surface area (Å²) in [5.74, 6) is -2.40. The topological polar surface area (TPSA) is 86.6 Å². The maximum atomic E-state index is 12.2. The normalized spacial score (nSPS) is 24.1. The van der Waals surface area contributed by atoms with Gasteiger partial charge in [0.25, 0.3) is 0 Å². The molecule has 5 nitrogen and oxygen atoms in total. The average Bonchev–Trinajstić information content (AvgIpc) is 3.02. The predicted octanol–water partition coefficient (Wildman–Crippen LogP) is 1.06. The van der Waals surface area contributed by atoms with Crippen molar-refractivity contribution < 1.29 is 19.8 Å². The Morgan fingerprint density at radius 2 is 1.86 bits per heavy atom. The van der Waals surface area contributed by atoms with Crippen LogP contribution in [0, 0.1) is 17.3 Å². The molecule has 114 valence electrons. The van der Waals surface area contributed by atoms with Crippen molar-refractivity contribution in [3.05, 3.63) is 35.9 Å². The van der Waals surface area contributed by atoms with E-state index in [1.807, 2.05) is 30.3 Å². The predicted molar refractivity (Wildman–Crippen MR) is 77.6 cm³/mol. The molecule has 1 aromatic rings. The molecule has 1 aliphatic rings. The number of carboxylic acid groups (broad SMARTS) is 1. The third kappa shape index (κ3) is 3.24. The van der Waals surface area contributed by atoms with E-state index in [4.69, 9.17) is 5.11 Å². The smallest absolute Gasteiger partial charge is 0.307 e. The Hall–Kier alpha value is -1.88. The van der Waals surface area contributed by atoms with Crippen molar-refractivity contribution >= 4 is 11.9 Å². The number of benzene rings is 1. The maximum absolute atomic E-state index is 12.2. The Bertz CT molecular complexity index is 526. The van der Waals surface area contributed by atoms with Gasteiger partial charge in [-0.15, -0.1) is 0 Å². The van der Waals surface area contributed by atoms with Crippen LogP contribution in [0.2, 0.25) is 0 Å². The summed E-state index contributed by atoms with van der Waals surface area (Å²) in [5.41, 5.74) is 0.490. The van der Waals surface area contributed by atoms with Gasteiger partial charge in [-0.1, -0.05) is 44.2 Å². The second-order valence-electron chi connectivity index (χ2n) is 6.19. The van der Waals surface area contributed by atoms with Crippen molar-refractivity contribution in [1.82, 2.24) is 5.32 Å². The van der Waals surface area contributed by atoms with Crippen LogP contribution in [-0.4, -0.2) is 34.7 Å². The number of hydrogen-bond acceptors (Lipinski definition) is 3. The van der Waals surface area contributed by atoms with E-state index in [2.05, 4.69) is 5.32 Å². The first-order valence-corrected chi connectivity index (χ1v) is 7.06. The van der Waals surface area contributed by atoms with E-state index < -0.39 is 29.3 Å². The molecule has 0 heterocycles. The van der Waals surface area contributed by atoms with Crippen LogP contribution in [0.1, 0.15) is 19.4 Å². The van der Waals surface area contributed by atoms with Gasteiger partial charge >= 0.3 is 5.97 Å². The minimum Gasteiger partial charge on any atom is -0.481 e. The van der Waals surface area contributed by atoms with Crippen LogP contribution in [0.4, 0.5) is 0 Å². The van der Waals surface area contributed by atoms with Crippen molar-refractivity contribution in [3.63, 3.8) is 0 Å². The summed E-state index contributed by atoms with van der Waals surface area (Å²) in [7, 11) is 0. The molecule has 3 N–H and O–H groups in total. The van der Waals surface area contributed by atoms with Crippen molar-refractivity contribution in [2.24, 2.45) is 17.3 Å². The summed E-state index contributed by atoms with van der Waals surface area (Å²) in [4.78, 5) is 23.3. The highest BCUT2D eigenvalue weighted by Gasteiger charge is 2.65. The minimum atomic E-state index is -0.941. The molecule has 0 aromatic heterocycles. The van der Waals surface area contributed by atoms with Gasteiger partial charge in [0.2, 0.25) is 5.91 Å².